The first-order valence-electron chi connectivity index (χ1n) is 7.54. The van der Waals surface area contributed by atoms with Gasteiger partial charge >= 0.3 is 0 Å². The zero-order valence-electron chi connectivity index (χ0n) is 13.4. The number of amides is 1. The molecule has 2 aromatic carbocycles. The number of hydrogen-bond donors (Lipinski definition) is 0. The molecule has 6 heteroatoms. The van der Waals surface area contributed by atoms with Gasteiger partial charge in [0.15, 0.2) is 0 Å². The van der Waals surface area contributed by atoms with Crippen LogP contribution in [0.15, 0.2) is 65.7 Å². The standard InChI is InChI=1S/C18H17BrN4O/c1-13(22(2)18(24)15-3-7-16(19)8-4-15)14-5-9-17(10-6-14)23-12-20-11-21-23/h3-13H,1-2H3. The van der Waals surface area contributed by atoms with Crippen LogP contribution in [0, 0.1) is 0 Å². The monoisotopic (exact) mass is 384 g/mol. The lowest BCUT2D eigenvalue weighted by Crippen LogP contribution is -2.29. The molecular formula is C18H17BrN4O. The molecule has 24 heavy (non-hydrogen) atoms. The van der Waals surface area contributed by atoms with Gasteiger partial charge in [-0.25, -0.2) is 9.67 Å². The fourth-order valence-corrected chi connectivity index (χ4v) is 2.71. The Labute approximate surface area is 149 Å². The van der Waals surface area contributed by atoms with Crippen molar-refractivity contribution in [1.29, 1.82) is 0 Å². The second-order valence-corrected chi connectivity index (χ2v) is 6.45. The third-order valence-electron chi connectivity index (χ3n) is 4.05. The van der Waals surface area contributed by atoms with Gasteiger partial charge < -0.3 is 4.90 Å². The van der Waals surface area contributed by atoms with Gasteiger partial charge in [-0.3, -0.25) is 4.79 Å². The Balaban J connectivity index is 1.76. The molecule has 1 atom stereocenters. The number of benzene rings is 2. The van der Waals surface area contributed by atoms with E-state index in [4.69, 9.17) is 0 Å². The molecular weight excluding hydrogens is 368 g/mol. The zero-order chi connectivity index (χ0) is 17.1. The molecule has 0 aliphatic rings. The van der Waals surface area contributed by atoms with E-state index in [0.717, 1.165) is 15.7 Å². The van der Waals surface area contributed by atoms with Crippen LogP contribution in [-0.4, -0.2) is 32.6 Å². The number of rotatable bonds is 4. The smallest absolute Gasteiger partial charge is 0.254 e. The van der Waals surface area contributed by atoms with Crippen molar-refractivity contribution in [3.05, 3.63) is 76.8 Å². The average molecular weight is 385 g/mol. The number of carbonyl (C=O) groups excluding carboxylic acids is 1. The van der Waals surface area contributed by atoms with Crippen LogP contribution < -0.4 is 0 Å². The molecule has 0 radical (unpaired) electrons. The molecule has 3 aromatic rings. The van der Waals surface area contributed by atoms with E-state index >= 15 is 0 Å². The van der Waals surface area contributed by atoms with Crippen molar-refractivity contribution in [2.45, 2.75) is 13.0 Å². The maximum Gasteiger partial charge on any atom is 0.254 e. The van der Waals surface area contributed by atoms with Gasteiger partial charge in [-0.05, 0) is 48.9 Å². The molecule has 0 aliphatic carbocycles. The van der Waals surface area contributed by atoms with Gasteiger partial charge in [-0.2, -0.15) is 5.10 Å². The first-order chi connectivity index (χ1) is 11.6. The average Bonchev–Trinajstić information content (AvgIpc) is 3.15. The van der Waals surface area contributed by atoms with Crippen molar-refractivity contribution in [2.75, 3.05) is 7.05 Å². The lowest BCUT2D eigenvalue weighted by Gasteiger charge is -2.25. The topological polar surface area (TPSA) is 51.0 Å². The third kappa shape index (κ3) is 3.38. The summed E-state index contributed by atoms with van der Waals surface area (Å²) in [6.07, 6.45) is 3.16. The van der Waals surface area contributed by atoms with Crippen molar-refractivity contribution in [1.82, 2.24) is 19.7 Å². The van der Waals surface area contributed by atoms with E-state index in [0.29, 0.717) is 5.56 Å². The number of aromatic nitrogens is 3. The van der Waals surface area contributed by atoms with Gasteiger partial charge in [0, 0.05) is 17.1 Å². The van der Waals surface area contributed by atoms with Gasteiger partial charge in [0.1, 0.15) is 12.7 Å². The van der Waals surface area contributed by atoms with Crippen LogP contribution in [-0.2, 0) is 0 Å². The van der Waals surface area contributed by atoms with E-state index in [1.54, 1.807) is 15.9 Å². The van der Waals surface area contributed by atoms with Crippen LogP contribution in [0.4, 0.5) is 0 Å². The third-order valence-corrected chi connectivity index (χ3v) is 4.58. The minimum atomic E-state index is -0.0362. The second-order valence-electron chi connectivity index (χ2n) is 5.53. The normalized spacial score (nSPS) is 12.0. The van der Waals surface area contributed by atoms with Crippen molar-refractivity contribution in [3.63, 3.8) is 0 Å². The molecule has 0 saturated heterocycles. The van der Waals surface area contributed by atoms with Crippen molar-refractivity contribution >= 4 is 21.8 Å². The first-order valence-corrected chi connectivity index (χ1v) is 8.33. The Bertz CT molecular complexity index is 813. The van der Waals surface area contributed by atoms with Crippen LogP contribution in [0.2, 0.25) is 0 Å². The van der Waals surface area contributed by atoms with E-state index in [1.165, 1.54) is 6.33 Å². The minimum Gasteiger partial charge on any atom is -0.335 e. The number of nitrogens with zero attached hydrogens (tertiary/aromatic N) is 4. The van der Waals surface area contributed by atoms with Crippen molar-refractivity contribution < 1.29 is 4.79 Å². The summed E-state index contributed by atoms with van der Waals surface area (Å²) in [5, 5.41) is 4.11. The summed E-state index contributed by atoms with van der Waals surface area (Å²) in [6, 6.07) is 15.3. The molecule has 1 heterocycles. The quantitative estimate of drug-likeness (QED) is 0.685. The van der Waals surface area contributed by atoms with E-state index in [9.17, 15) is 4.79 Å². The highest BCUT2D eigenvalue weighted by atomic mass is 79.9. The van der Waals surface area contributed by atoms with E-state index in [2.05, 4.69) is 26.0 Å². The maximum atomic E-state index is 12.6. The molecule has 1 unspecified atom stereocenters. The lowest BCUT2D eigenvalue weighted by molar-refractivity contribution is 0.0742. The highest BCUT2D eigenvalue weighted by Gasteiger charge is 2.18. The second kappa shape index (κ2) is 6.97. The summed E-state index contributed by atoms with van der Waals surface area (Å²) < 4.78 is 2.66. The highest BCUT2D eigenvalue weighted by Crippen LogP contribution is 2.22. The van der Waals surface area contributed by atoms with Crippen LogP contribution in [0.3, 0.4) is 0 Å². The van der Waals surface area contributed by atoms with E-state index in [-0.39, 0.29) is 11.9 Å². The molecule has 3 rings (SSSR count). The summed E-state index contributed by atoms with van der Waals surface area (Å²) in [4.78, 5) is 18.3. The summed E-state index contributed by atoms with van der Waals surface area (Å²) >= 11 is 3.38. The molecule has 0 saturated carbocycles. The summed E-state index contributed by atoms with van der Waals surface area (Å²) in [6.45, 7) is 2.02. The molecule has 1 amide bonds. The molecule has 0 bridgehead atoms. The SMILES string of the molecule is CC(c1ccc(-n2cncn2)cc1)N(C)C(=O)c1ccc(Br)cc1. The highest BCUT2D eigenvalue weighted by molar-refractivity contribution is 9.10. The molecule has 0 fully saturated rings. The zero-order valence-corrected chi connectivity index (χ0v) is 15.0. The first kappa shape index (κ1) is 16.4. The maximum absolute atomic E-state index is 12.6. The molecule has 0 N–H and O–H groups in total. The van der Waals surface area contributed by atoms with Gasteiger partial charge in [-0.15, -0.1) is 0 Å². The van der Waals surface area contributed by atoms with Crippen LogP contribution in [0.1, 0.15) is 28.9 Å². The van der Waals surface area contributed by atoms with Crippen molar-refractivity contribution in [3.8, 4) is 5.69 Å². The summed E-state index contributed by atoms with van der Waals surface area (Å²) in [7, 11) is 1.82. The number of hydrogen-bond acceptors (Lipinski definition) is 3. The minimum absolute atomic E-state index is 0.00430. The van der Waals surface area contributed by atoms with Gasteiger partial charge in [0.2, 0.25) is 0 Å². The Hall–Kier alpha value is -2.47. The van der Waals surface area contributed by atoms with Crippen LogP contribution in [0.5, 0.6) is 0 Å². The molecule has 1 aromatic heterocycles. The van der Waals surface area contributed by atoms with Gasteiger partial charge in [0.25, 0.3) is 5.91 Å². The Kier molecular flexibility index (Phi) is 4.76. The predicted octanol–water partition coefficient (Wildman–Crippen LogP) is 3.86. The molecule has 0 aliphatic heterocycles. The Morgan fingerprint density at radius 1 is 1.12 bits per heavy atom. The van der Waals surface area contributed by atoms with Gasteiger partial charge in [0.05, 0.1) is 11.7 Å². The largest absolute Gasteiger partial charge is 0.335 e. The fraction of sp³-hybridized carbons (Fsp3) is 0.167. The Morgan fingerprint density at radius 2 is 1.79 bits per heavy atom. The van der Waals surface area contributed by atoms with Crippen LogP contribution >= 0.6 is 15.9 Å². The predicted molar refractivity (Wildman–Crippen MR) is 96.0 cm³/mol. The lowest BCUT2D eigenvalue weighted by atomic mass is 10.1. The molecule has 122 valence electrons. The van der Waals surface area contributed by atoms with Crippen LogP contribution in [0.25, 0.3) is 5.69 Å². The number of carbonyl (C=O) groups is 1. The molecule has 5 nitrogen and oxygen atoms in total. The van der Waals surface area contributed by atoms with E-state index < -0.39 is 0 Å². The van der Waals surface area contributed by atoms with Gasteiger partial charge in [-0.1, -0.05) is 28.1 Å². The number of halogens is 1. The summed E-state index contributed by atoms with van der Waals surface area (Å²) in [5.41, 5.74) is 2.67. The van der Waals surface area contributed by atoms with Crippen molar-refractivity contribution in [2.24, 2.45) is 0 Å². The Morgan fingerprint density at radius 3 is 2.38 bits per heavy atom. The summed E-state index contributed by atoms with van der Waals surface area (Å²) in [5.74, 6) is -0.00430. The fourth-order valence-electron chi connectivity index (χ4n) is 2.44. The molecule has 0 spiro atoms. The van der Waals surface area contributed by atoms with E-state index in [1.807, 2.05) is 62.5 Å².